The number of rotatable bonds is 7. The summed E-state index contributed by atoms with van der Waals surface area (Å²) in [6.07, 6.45) is -1.74. The van der Waals surface area contributed by atoms with Crippen LogP contribution in [0.3, 0.4) is 0 Å². The lowest BCUT2D eigenvalue weighted by atomic mass is 9.98. The Kier molecular flexibility index (Phi) is 5.51. The van der Waals surface area contributed by atoms with E-state index in [-0.39, 0.29) is 6.42 Å². The Bertz CT molecular complexity index is 594. The fraction of sp³-hybridized carbons (Fsp3) is 0.529. The molecule has 0 aliphatic heterocycles. The number of carbonyl (C=O) groups is 2. The lowest BCUT2D eigenvalue weighted by Gasteiger charge is -2.18. The first-order valence-corrected chi connectivity index (χ1v) is 7.86. The summed E-state index contributed by atoms with van der Waals surface area (Å²) in [7, 11) is 0. The number of nitrogens with one attached hydrogen (secondary N) is 1. The second kappa shape index (κ2) is 7.23. The van der Waals surface area contributed by atoms with Crippen LogP contribution in [0, 0.1) is 11.8 Å². The van der Waals surface area contributed by atoms with Crippen LogP contribution in [-0.4, -0.2) is 23.0 Å². The van der Waals surface area contributed by atoms with Gasteiger partial charge in [0, 0.05) is 5.92 Å². The van der Waals surface area contributed by atoms with Gasteiger partial charge >= 0.3 is 12.1 Å². The number of hydrogen-bond donors (Lipinski definition) is 2. The van der Waals surface area contributed by atoms with Crippen molar-refractivity contribution < 1.29 is 27.9 Å². The van der Waals surface area contributed by atoms with Gasteiger partial charge in [0.15, 0.2) is 0 Å². The van der Waals surface area contributed by atoms with Gasteiger partial charge in [-0.15, -0.1) is 0 Å². The first kappa shape index (κ1) is 18.3. The van der Waals surface area contributed by atoms with E-state index in [1.54, 1.807) is 6.92 Å². The Morgan fingerprint density at radius 1 is 1.25 bits per heavy atom. The highest BCUT2D eigenvalue weighted by molar-refractivity contribution is 5.84. The Hall–Kier alpha value is -2.05. The molecule has 1 aromatic carbocycles. The first-order chi connectivity index (χ1) is 11.2. The molecule has 0 heterocycles. The molecule has 1 aromatic rings. The van der Waals surface area contributed by atoms with Gasteiger partial charge in [0.2, 0.25) is 5.91 Å². The van der Waals surface area contributed by atoms with Gasteiger partial charge in [0.25, 0.3) is 0 Å². The number of benzene rings is 1. The Morgan fingerprint density at radius 2 is 1.83 bits per heavy atom. The van der Waals surface area contributed by atoms with Crippen molar-refractivity contribution in [1.29, 1.82) is 0 Å². The van der Waals surface area contributed by atoms with E-state index in [9.17, 15) is 22.8 Å². The van der Waals surface area contributed by atoms with Gasteiger partial charge < -0.3 is 10.4 Å². The van der Waals surface area contributed by atoms with Gasteiger partial charge in [0.05, 0.1) is 5.56 Å². The average molecular weight is 343 g/mol. The summed E-state index contributed by atoms with van der Waals surface area (Å²) in [6, 6.07) is 3.73. The van der Waals surface area contributed by atoms with Crippen LogP contribution in [0.5, 0.6) is 0 Å². The molecule has 0 saturated heterocycles. The van der Waals surface area contributed by atoms with Crippen LogP contribution >= 0.6 is 0 Å². The second-order valence-corrected chi connectivity index (χ2v) is 6.38. The lowest BCUT2D eigenvalue weighted by Crippen LogP contribution is -2.43. The number of amides is 1. The SMILES string of the molecule is CC(Cc1ccc(C(F)(F)F)cc1)C(=O)NC(CC1CC1)C(=O)O. The number of hydrogen-bond acceptors (Lipinski definition) is 2. The minimum absolute atomic E-state index is 0.250. The molecule has 7 heteroatoms. The van der Waals surface area contributed by atoms with E-state index in [2.05, 4.69) is 5.32 Å². The second-order valence-electron chi connectivity index (χ2n) is 6.38. The molecular weight excluding hydrogens is 323 g/mol. The molecule has 0 spiro atoms. The van der Waals surface area contributed by atoms with Crippen molar-refractivity contribution in [2.45, 2.75) is 44.8 Å². The molecule has 1 saturated carbocycles. The van der Waals surface area contributed by atoms with Crippen LogP contribution in [0.15, 0.2) is 24.3 Å². The molecule has 132 valence electrons. The van der Waals surface area contributed by atoms with E-state index < -0.39 is 35.6 Å². The van der Waals surface area contributed by atoms with Crippen LogP contribution < -0.4 is 5.32 Å². The van der Waals surface area contributed by atoms with Crippen molar-refractivity contribution in [2.24, 2.45) is 11.8 Å². The molecule has 1 fully saturated rings. The summed E-state index contributed by atoms with van der Waals surface area (Å²) in [4.78, 5) is 23.3. The predicted molar refractivity (Wildman–Crippen MR) is 81.2 cm³/mol. The molecule has 4 nitrogen and oxygen atoms in total. The molecule has 1 aliphatic carbocycles. The Labute approximate surface area is 138 Å². The number of carboxylic acid groups (broad SMARTS) is 1. The maximum absolute atomic E-state index is 12.5. The minimum Gasteiger partial charge on any atom is -0.480 e. The smallest absolute Gasteiger partial charge is 0.416 e. The molecule has 0 aromatic heterocycles. The largest absolute Gasteiger partial charge is 0.480 e. The summed E-state index contributed by atoms with van der Waals surface area (Å²) in [5.41, 5.74) is -0.140. The third-order valence-corrected chi connectivity index (χ3v) is 4.15. The van der Waals surface area contributed by atoms with Crippen LogP contribution in [0.1, 0.15) is 37.3 Å². The first-order valence-electron chi connectivity index (χ1n) is 7.86. The van der Waals surface area contributed by atoms with Crippen LogP contribution in [-0.2, 0) is 22.2 Å². The van der Waals surface area contributed by atoms with Crippen molar-refractivity contribution in [3.05, 3.63) is 35.4 Å². The van der Waals surface area contributed by atoms with Gasteiger partial charge in [-0.2, -0.15) is 13.2 Å². The van der Waals surface area contributed by atoms with Gasteiger partial charge in [-0.25, -0.2) is 4.79 Å². The molecule has 1 amide bonds. The zero-order chi connectivity index (χ0) is 17.9. The molecule has 2 N–H and O–H groups in total. The monoisotopic (exact) mass is 343 g/mol. The van der Waals surface area contributed by atoms with Crippen molar-refractivity contribution in [3.63, 3.8) is 0 Å². The maximum Gasteiger partial charge on any atom is 0.416 e. The van der Waals surface area contributed by atoms with Crippen LogP contribution in [0.4, 0.5) is 13.2 Å². The third-order valence-electron chi connectivity index (χ3n) is 4.15. The van der Waals surface area contributed by atoms with E-state index in [4.69, 9.17) is 5.11 Å². The number of aliphatic carboxylic acids is 1. The number of halogens is 3. The minimum atomic E-state index is -4.39. The molecule has 2 rings (SSSR count). The zero-order valence-electron chi connectivity index (χ0n) is 13.3. The number of alkyl halides is 3. The molecule has 0 radical (unpaired) electrons. The molecule has 24 heavy (non-hydrogen) atoms. The van der Waals surface area contributed by atoms with Crippen molar-refractivity contribution in [2.75, 3.05) is 0 Å². The standard InChI is InChI=1S/C17H20F3NO3/c1-10(8-11-4-6-13(7-5-11)17(18,19)20)15(22)21-14(16(23)24)9-12-2-3-12/h4-7,10,12,14H,2-3,8-9H2,1H3,(H,21,22)(H,23,24). The normalized spacial score (nSPS) is 17.2. The van der Waals surface area contributed by atoms with Gasteiger partial charge in [-0.05, 0) is 36.5 Å². The third kappa shape index (κ3) is 5.25. The van der Waals surface area contributed by atoms with Crippen molar-refractivity contribution in [3.8, 4) is 0 Å². The van der Waals surface area contributed by atoms with E-state index >= 15 is 0 Å². The summed E-state index contributed by atoms with van der Waals surface area (Å²) < 4.78 is 37.6. The summed E-state index contributed by atoms with van der Waals surface area (Å²) in [5, 5.41) is 11.7. The highest BCUT2D eigenvalue weighted by atomic mass is 19.4. The maximum atomic E-state index is 12.5. The summed E-state index contributed by atoms with van der Waals surface area (Å²) >= 11 is 0. The molecule has 1 aliphatic rings. The molecule has 0 bridgehead atoms. The average Bonchev–Trinajstić information content (AvgIpc) is 3.30. The number of carbonyl (C=O) groups excluding carboxylic acids is 1. The quantitative estimate of drug-likeness (QED) is 0.799. The van der Waals surface area contributed by atoms with Gasteiger partial charge in [0.1, 0.15) is 6.04 Å². The Balaban J connectivity index is 1.91. The fourth-order valence-electron chi connectivity index (χ4n) is 2.50. The molecule has 2 atom stereocenters. The zero-order valence-corrected chi connectivity index (χ0v) is 13.3. The number of carboxylic acids is 1. The topological polar surface area (TPSA) is 66.4 Å². The van der Waals surface area contributed by atoms with E-state index in [0.29, 0.717) is 17.9 Å². The molecular formula is C17H20F3NO3. The lowest BCUT2D eigenvalue weighted by molar-refractivity contribution is -0.142. The van der Waals surface area contributed by atoms with E-state index in [0.717, 1.165) is 25.0 Å². The van der Waals surface area contributed by atoms with Crippen molar-refractivity contribution >= 4 is 11.9 Å². The summed E-state index contributed by atoms with van der Waals surface area (Å²) in [5.74, 6) is -1.63. The van der Waals surface area contributed by atoms with Gasteiger partial charge in [-0.1, -0.05) is 31.9 Å². The Morgan fingerprint density at radius 3 is 2.29 bits per heavy atom. The van der Waals surface area contributed by atoms with Crippen molar-refractivity contribution in [1.82, 2.24) is 5.32 Å². The highest BCUT2D eigenvalue weighted by Crippen LogP contribution is 2.33. The highest BCUT2D eigenvalue weighted by Gasteiger charge is 2.32. The fourth-order valence-corrected chi connectivity index (χ4v) is 2.50. The molecule has 2 unspecified atom stereocenters. The van der Waals surface area contributed by atoms with Crippen LogP contribution in [0.25, 0.3) is 0 Å². The van der Waals surface area contributed by atoms with Gasteiger partial charge in [-0.3, -0.25) is 4.79 Å². The van der Waals surface area contributed by atoms with Crippen LogP contribution in [0.2, 0.25) is 0 Å². The van der Waals surface area contributed by atoms with E-state index in [1.165, 1.54) is 12.1 Å². The summed E-state index contributed by atoms with van der Waals surface area (Å²) in [6.45, 7) is 1.63. The van der Waals surface area contributed by atoms with E-state index in [1.807, 2.05) is 0 Å². The predicted octanol–water partition coefficient (Wildman–Crippen LogP) is 3.25.